The van der Waals surface area contributed by atoms with Gasteiger partial charge in [-0.05, 0) is 37.1 Å². The fourth-order valence-corrected chi connectivity index (χ4v) is 2.15. The molecule has 1 heterocycles. The zero-order valence-corrected chi connectivity index (χ0v) is 9.46. The fourth-order valence-electron chi connectivity index (χ4n) is 2.15. The van der Waals surface area contributed by atoms with Gasteiger partial charge >= 0.3 is 0 Å². The molecule has 16 heavy (non-hydrogen) atoms. The van der Waals surface area contributed by atoms with Gasteiger partial charge in [-0.15, -0.1) is 0 Å². The predicted molar refractivity (Wildman–Crippen MR) is 68.9 cm³/mol. The van der Waals surface area contributed by atoms with E-state index < -0.39 is 0 Å². The van der Waals surface area contributed by atoms with Crippen molar-refractivity contribution in [3.63, 3.8) is 0 Å². The van der Waals surface area contributed by atoms with E-state index in [1.54, 1.807) is 0 Å². The van der Waals surface area contributed by atoms with Crippen LogP contribution < -0.4 is 10.6 Å². The van der Waals surface area contributed by atoms with Gasteiger partial charge in [0.25, 0.3) is 0 Å². The number of nitrogens with one attached hydrogen (secondary N) is 2. The molecule has 0 aromatic heterocycles. The van der Waals surface area contributed by atoms with Crippen LogP contribution in [-0.2, 0) is 0 Å². The van der Waals surface area contributed by atoms with Crippen LogP contribution >= 0.6 is 0 Å². The molecule has 2 heteroatoms. The smallest absolute Gasteiger partial charge is 0.0653 e. The molecule has 0 saturated heterocycles. The van der Waals surface area contributed by atoms with Crippen LogP contribution in [0.3, 0.4) is 0 Å². The van der Waals surface area contributed by atoms with Gasteiger partial charge in [-0.1, -0.05) is 24.3 Å². The van der Waals surface area contributed by atoms with Crippen molar-refractivity contribution in [3.05, 3.63) is 47.5 Å². The Bertz CT molecular complexity index is 509. The summed E-state index contributed by atoms with van der Waals surface area (Å²) in [5.41, 5.74) is 7.20. The van der Waals surface area contributed by atoms with E-state index >= 15 is 0 Å². The maximum absolute atomic E-state index is 3.51. The molecule has 0 fully saturated rings. The van der Waals surface area contributed by atoms with Crippen molar-refractivity contribution in [1.82, 2.24) is 0 Å². The van der Waals surface area contributed by atoms with E-state index in [0.717, 1.165) is 11.4 Å². The normalized spacial score (nSPS) is 12.1. The highest BCUT2D eigenvalue weighted by Gasteiger charge is 2.16. The third-order valence-corrected chi connectivity index (χ3v) is 3.06. The SMILES string of the molecule is Cc1cccc2c1Nc1c(C)cccc1N2. The molecule has 1 aliphatic rings. The van der Waals surface area contributed by atoms with E-state index in [2.05, 4.69) is 60.9 Å². The zero-order valence-electron chi connectivity index (χ0n) is 9.46. The van der Waals surface area contributed by atoms with Crippen LogP contribution in [-0.4, -0.2) is 0 Å². The van der Waals surface area contributed by atoms with Crippen LogP contribution in [0.15, 0.2) is 36.4 Å². The summed E-state index contributed by atoms with van der Waals surface area (Å²) < 4.78 is 0. The first-order valence-corrected chi connectivity index (χ1v) is 5.49. The number of hydrogen-bond acceptors (Lipinski definition) is 2. The highest BCUT2D eigenvalue weighted by atomic mass is 15.0. The van der Waals surface area contributed by atoms with Crippen LogP contribution in [0.4, 0.5) is 22.7 Å². The van der Waals surface area contributed by atoms with Crippen molar-refractivity contribution in [1.29, 1.82) is 0 Å². The third kappa shape index (κ3) is 1.27. The summed E-state index contributed by atoms with van der Waals surface area (Å²) in [5.74, 6) is 0. The van der Waals surface area contributed by atoms with E-state index in [0.29, 0.717) is 0 Å². The highest BCUT2D eigenvalue weighted by molar-refractivity contribution is 5.92. The molecule has 80 valence electrons. The van der Waals surface area contributed by atoms with Gasteiger partial charge in [-0.3, -0.25) is 0 Å². The first-order valence-electron chi connectivity index (χ1n) is 5.49. The van der Waals surface area contributed by atoms with Crippen LogP contribution in [0.25, 0.3) is 0 Å². The minimum absolute atomic E-state index is 1.15. The number of rotatable bonds is 0. The van der Waals surface area contributed by atoms with Gasteiger partial charge in [-0.2, -0.15) is 0 Å². The standard InChI is InChI=1S/C14H14N2/c1-9-5-3-7-11-13(9)16-14-10(2)6-4-8-12(14)15-11/h3-8,15-16H,1-2H3. The summed E-state index contributed by atoms with van der Waals surface area (Å²) in [4.78, 5) is 0. The second-order valence-corrected chi connectivity index (χ2v) is 4.24. The van der Waals surface area contributed by atoms with E-state index in [1.165, 1.54) is 22.5 Å². The number of fused-ring (bicyclic) bond motifs is 2. The summed E-state index contributed by atoms with van der Waals surface area (Å²) in [7, 11) is 0. The fraction of sp³-hybridized carbons (Fsp3) is 0.143. The monoisotopic (exact) mass is 210 g/mol. The molecule has 2 aromatic rings. The Labute approximate surface area is 95.3 Å². The molecule has 0 radical (unpaired) electrons. The molecule has 0 amide bonds. The van der Waals surface area contributed by atoms with Crippen LogP contribution in [0.1, 0.15) is 11.1 Å². The lowest BCUT2D eigenvalue weighted by molar-refractivity contribution is 1.35. The molecule has 0 unspecified atom stereocenters. The molecule has 2 N–H and O–H groups in total. The quantitative estimate of drug-likeness (QED) is 0.583. The number of aryl methyl sites for hydroxylation is 2. The predicted octanol–water partition coefficient (Wildman–Crippen LogP) is 4.10. The minimum atomic E-state index is 1.15. The summed E-state index contributed by atoms with van der Waals surface area (Å²) in [6.45, 7) is 4.24. The van der Waals surface area contributed by atoms with Gasteiger partial charge in [-0.25, -0.2) is 0 Å². The molecule has 0 spiro atoms. The van der Waals surface area contributed by atoms with E-state index in [4.69, 9.17) is 0 Å². The first-order chi connectivity index (χ1) is 7.75. The van der Waals surface area contributed by atoms with Gasteiger partial charge in [0.1, 0.15) is 0 Å². The lowest BCUT2D eigenvalue weighted by atomic mass is 10.1. The summed E-state index contributed by atoms with van der Waals surface area (Å²) in [6.07, 6.45) is 0. The highest BCUT2D eigenvalue weighted by Crippen LogP contribution is 2.41. The number of anilines is 4. The summed E-state index contributed by atoms with van der Waals surface area (Å²) >= 11 is 0. The van der Waals surface area contributed by atoms with E-state index in [1.807, 2.05) is 0 Å². The molecule has 0 saturated carbocycles. The summed E-state index contributed by atoms with van der Waals surface area (Å²) in [6, 6.07) is 12.6. The molecule has 1 aliphatic heterocycles. The third-order valence-electron chi connectivity index (χ3n) is 3.06. The van der Waals surface area contributed by atoms with Crippen LogP contribution in [0.2, 0.25) is 0 Å². The Hall–Kier alpha value is -1.96. The Balaban J connectivity index is 2.17. The average molecular weight is 210 g/mol. The average Bonchev–Trinajstić information content (AvgIpc) is 2.28. The second-order valence-electron chi connectivity index (χ2n) is 4.24. The largest absolute Gasteiger partial charge is 0.352 e. The maximum atomic E-state index is 3.51. The second kappa shape index (κ2) is 3.27. The zero-order chi connectivity index (χ0) is 11.1. The van der Waals surface area contributed by atoms with Gasteiger partial charge in [0.2, 0.25) is 0 Å². The van der Waals surface area contributed by atoms with E-state index in [9.17, 15) is 0 Å². The van der Waals surface area contributed by atoms with Crippen LogP contribution in [0.5, 0.6) is 0 Å². The molecule has 2 nitrogen and oxygen atoms in total. The first kappa shape index (κ1) is 9.28. The Morgan fingerprint density at radius 2 is 1.19 bits per heavy atom. The van der Waals surface area contributed by atoms with Gasteiger partial charge in [0.15, 0.2) is 0 Å². The van der Waals surface area contributed by atoms with Gasteiger partial charge < -0.3 is 10.6 Å². The van der Waals surface area contributed by atoms with Crippen LogP contribution in [0, 0.1) is 13.8 Å². The molecular weight excluding hydrogens is 196 g/mol. The van der Waals surface area contributed by atoms with Crippen molar-refractivity contribution in [2.45, 2.75) is 13.8 Å². The topological polar surface area (TPSA) is 24.1 Å². The molecule has 0 bridgehead atoms. The Kier molecular flexibility index (Phi) is 1.90. The molecular formula is C14H14N2. The van der Waals surface area contributed by atoms with E-state index in [-0.39, 0.29) is 0 Å². The van der Waals surface area contributed by atoms with Crippen molar-refractivity contribution in [3.8, 4) is 0 Å². The summed E-state index contributed by atoms with van der Waals surface area (Å²) in [5, 5.41) is 6.97. The molecule has 0 atom stereocenters. The van der Waals surface area contributed by atoms with Crippen molar-refractivity contribution >= 4 is 22.7 Å². The minimum Gasteiger partial charge on any atom is -0.352 e. The molecule has 0 aliphatic carbocycles. The van der Waals surface area contributed by atoms with Crippen molar-refractivity contribution in [2.24, 2.45) is 0 Å². The van der Waals surface area contributed by atoms with Crippen molar-refractivity contribution < 1.29 is 0 Å². The lowest BCUT2D eigenvalue weighted by Gasteiger charge is -2.25. The number of hydrogen-bond donors (Lipinski definition) is 2. The van der Waals surface area contributed by atoms with Gasteiger partial charge in [0, 0.05) is 0 Å². The maximum Gasteiger partial charge on any atom is 0.0653 e. The number of para-hydroxylation sites is 2. The Morgan fingerprint density at radius 3 is 1.69 bits per heavy atom. The molecule has 3 rings (SSSR count). The Morgan fingerprint density at radius 1 is 0.688 bits per heavy atom. The molecule has 2 aromatic carbocycles. The van der Waals surface area contributed by atoms with Crippen molar-refractivity contribution in [2.75, 3.05) is 10.6 Å². The number of benzene rings is 2. The van der Waals surface area contributed by atoms with Gasteiger partial charge in [0.05, 0.1) is 22.7 Å². The lowest BCUT2D eigenvalue weighted by Crippen LogP contribution is -2.08.